The van der Waals surface area contributed by atoms with Gasteiger partial charge in [0.2, 0.25) is 5.91 Å². The van der Waals surface area contributed by atoms with Crippen molar-refractivity contribution in [3.05, 3.63) is 71.8 Å². The molecule has 7 nitrogen and oxygen atoms in total. The predicted octanol–water partition coefficient (Wildman–Crippen LogP) is 2.11. The molecule has 28 heavy (non-hydrogen) atoms. The zero-order valence-corrected chi connectivity index (χ0v) is 16.5. The van der Waals surface area contributed by atoms with Crippen LogP contribution in [0.3, 0.4) is 0 Å². The van der Waals surface area contributed by atoms with Gasteiger partial charge in [-0.15, -0.1) is 17.5 Å². The number of hydrogen-bond acceptors (Lipinski definition) is 5. The molecular weight excluding hydrogens is 376 g/mol. The quantitative estimate of drug-likeness (QED) is 0.728. The van der Waals surface area contributed by atoms with Crippen LogP contribution in [-0.2, 0) is 11.2 Å². The molecular formula is C20H23ClN6O. The SMILES string of the molecule is Cc1c(CC(=O)N2CCNCC2c2cccnc2)nnn1-c1ccccc1.Cl. The number of benzene rings is 1. The first-order chi connectivity index (χ1) is 13.2. The Morgan fingerprint density at radius 2 is 2.04 bits per heavy atom. The number of halogens is 1. The van der Waals surface area contributed by atoms with Crippen LogP contribution in [0.25, 0.3) is 5.69 Å². The Morgan fingerprint density at radius 3 is 2.79 bits per heavy atom. The van der Waals surface area contributed by atoms with E-state index >= 15 is 0 Å². The molecule has 2 aromatic heterocycles. The molecule has 3 heterocycles. The fourth-order valence-corrected chi connectivity index (χ4v) is 3.46. The Bertz CT molecular complexity index is 915. The highest BCUT2D eigenvalue weighted by molar-refractivity contribution is 5.85. The molecule has 0 spiro atoms. The Balaban J connectivity index is 0.00000225. The molecule has 0 bridgehead atoms. The van der Waals surface area contributed by atoms with E-state index in [9.17, 15) is 4.79 Å². The van der Waals surface area contributed by atoms with E-state index < -0.39 is 0 Å². The van der Waals surface area contributed by atoms with Gasteiger partial charge in [-0.05, 0) is 30.7 Å². The van der Waals surface area contributed by atoms with Gasteiger partial charge < -0.3 is 10.2 Å². The summed E-state index contributed by atoms with van der Waals surface area (Å²) in [5.74, 6) is 0.0635. The third-order valence-corrected chi connectivity index (χ3v) is 4.94. The summed E-state index contributed by atoms with van der Waals surface area (Å²) in [6.45, 7) is 4.14. The molecule has 1 aliphatic rings. The number of amides is 1. The van der Waals surface area contributed by atoms with Crippen molar-refractivity contribution < 1.29 is 4.79 Å². The standard InChI is InChI=1S/C20H22N6O.ClH/c1-15-18(23-24-26(15)17-7-3-2-4-8-17)12-20(27)25-11-10-22-14-19(25)16-6-5-9-21-13-16;/h2-9,13,19,22H,10-12,14H2,1H3;1H. The Hall–Kier alpha value is -2.77. The van der Waals surface area contributed by atoms with Crippen molar-refractivity contribution in [2.45, 2.75) is 19.4 Å². The number of para-hydroxylation sites is 1. The Kier molecular flexibility index (Phi) is 6.38. The zero-order valence-electron chi connectivity index (χ0n) is 15.7. The highest BCUT2D eigenvalue weighted by Gasteiger charge is 2.29. The van der Waals surface area contributed by atoms with Gasteiger partial charge in [0.15, 0.2) is 0 Å². The molecule has 146 valence electrons. The molecule has 3 aromatic rings. The van der Waals surface area contributed by atoms with E-state index in [2.05, 4.69) is 20.6 Å². The van der Waals surface area contributed by atoms with Crippen molar-refractivity contribution in [1.29, 1.82) is 0 Å². The van der Waals surface area contributed by atoms with Crippen molar-refractivity contribution in [3.8, 4) is 5.69 Å². The van der Waals surface area contributed by atoms with Crippen LogP contribution >= 0.6 is 12.4 Å². The third kappa shape index (κ3) is 4.05. The molecule has 1 N–H and O–H groups in total. The molecule has 1 unspecified atom stereocenters. The lowest BCUT2D eigenvalue weighted by atomic mass is 10.0. The van der Waals surface area contributed by atoms with Crippen LogP contribution in [0.4, 0.5) is 0 Å². The fraction of sp³-hybridized carbons (Fsp3) is 0.300. The topological polar surface area (TPSA) is 75.9 Å². The normalized spacial score (nSPS) is 16.5. The summed E-state index contributed by atoms with van der Waals surface area (Å²) in [6.07, 6.45) is 3.82. The van der Waals surface area contributed by atoms with Gasteiger partial charge in [-0.2, -0.15) is 0 Å². The van der Waals surface area contributed by atoms with Gasteiger partial charge in [-0.1, -0.05) is 29.5 Å². The van der Waals surface area contributed by atoms with Gasteiger partial charge >= 0.3 is 0 Å². The van der Waals surface area contributed by atoms with Crippen molar-refractivity contribution in [2.75, 3.05) is 19.6 Å². The maximum absolute atomic E-state index is 13.0. The lowest BCUT2D eigenvalue weighted by Gasteiger charge is -2.36. The first-order valence-corrected chi connectivity index (χ1v) is 9.11. The second-order valence-corrected chi connectivity index (χ2v) is 6.64. The van der Waals surface area contributed by atoms with E-state index in [1.54, 1.807) is 10.9 Å². The largest absolute Gasteiger partial charge is 0.333 e. The summed E-state index contributed by atoms with van der Waals surface area (Å²) in [5, 5.41) is 11.9. The molecule has 1 fully saturated rings. The monoisotopic (exact) mass is 398 g/mol. The summed E-state index contributed by atoms with van der Waals surface area (Å²) in [7, 11) is 0. The van der Waals surface area contributed by atoms with Crippen LogP contribution in [0.15, 0.2) is 54.9 Å². The maximum atomic E-state index is 13.0. The molecule has 4 rings (SSSR count). The summed E-state index contributed by atoms with van der Waals surface area (Å²) in [6, 6.07) is 13.7. The van der Waals surface area contributed by atoms with E-state index in [4.69, 9.17) is 0 Å². The minimum atomic E-state index is -0.00979. The summed E-state index contributed by atoms with van der Waals surface area (Å²) in [5.41, 5.74) is 3.59. The number of pyridine rings is 1. The van der Waals surface area contributed by atoms with Crippen LogP contribution in [0.5, 0.6) is 0 Å². The summed E-state index contributed by atoms with van der Waals surface area (Å²) in [4.78, 5) is 19.2. The van der Waals surface area contributed by atoms with E-state index in [1.807, 2.05) is 60.5 Å². The zero-order chi connectivity index (χ0) is 18.6. The van der Waals surface area contributed by atoms with Gasteiger partial charge in [0.05, 0.1) is 29.5 Å². The number of aromatic nitrogens is 4. The summed E-state index contributed by atoms with van der Waals surface area (Å²) < 4.78 is 1.78. The number of nitrogens with zero attached hydrogens (tertiary/aromatic N) is 5. The number of carbonyl (C=O) groups excluding carboxylic acids is 1. The number of hydrogen-bond donors (Lipinski definition) is 1. The first-order valence-electron chi connectivity index (χ1n) is 9.11. The van der Waals surface area contributed by atoms with Gasteiger partial charge in [0, 0.05) is 32.0 Å². The molecule has 0 radical (unpaired) electrons. The number of rotatable bonds is 4. The van der Waals surface area contributed by atoms with Crippen LogP contribution in [0.1, 0.15) is 23.0 Å². The van der Waals surface area contributed by atoms with Crippen molar-refractivity contribution in [1.82, 2.24) is 30.2 Å². The molecule has 0 aliphatic carbocycles. The molecule has 1 aromatic carbocycles. The van der Waals surface area contributed by atoms with Crippen molar-refractivity contribution >= 4 is 18.3 Å². The Labute approximate surface area is 170 Å². The van der Waals surface area contributed by atoms with Gasteiger partial charge in [0.25, 0.3) is 0 Å². The number of carbonyl (C=O) groups is 1. The average Bonchev–Trinajstić information content (AvgIpc) is 3.09. The maximum Gasteiger partial charge on any atom is 0.229 e. The van der Waals surface area contributed by atoms with E-state index in [0.717, 1.165) is 30.0 Å². The highest BCUT2D eigenvalue weighted by atomic mass is 35.5. The van der Waals surface area contributed by atoms with E-state index in [1.165, 1.54) is 0 Å². The minimum Gasteiger partial charge on any atom is -0.333 e. The number of nitrogens with one attached hydrogen (secondary N) is 1. The van der Waals surface area contributed by atoms with E-state index in [0.29, 0.717) is 12.2 Å². The molecule has 0 saturated carbocycles. The van der Waals surface area contributed by atoms with Crippen LogP contribution in [-0.4, -0.2) is 50.4 Å². The first kappa shape index (κ1) is 20.0. The van der Waals surface area contributed by atoms with Gasteiger partial charge in [0.1, 0.15) is 0 Å². The number of piperazine rings is 1. The van der Waals surface area contributed by atoms with Crippen molar-refractivity contribution in [3.63, 3.8) is 0 Å². The van der Waals surface area contributed by atoms with Crippen LogP contribution < -0.4 is 5.32 Å². The van der Waals surface area contributed by atoms with Crippen molar-refractivity contribution in [2.24, 2.45) is 0 Å². The molecule has 1 atom stereocenters. The smallest absolute Gasteiger partial charge is 0.229 e. The average molecular weight is 399 g/mol. The predicted molar refractivity (Wildman–Crippen MR) is 109 cm³/mol. The summed E-state index contributed by atoms with van der Waals surface area (Å²) >= 11 is 0. The second-order valence-electron chi connectivity index (χ2n) is 6.64. The molecule has 1 amide bonds. The minimum absolute atomic E-state index is 0. The van der Waals surface area contributed by atoms with Gasteiger partial charge in [-0.25, -0.2) is 4.68 Å². The second kappa shape index (κ2) is 8.95. The lowest BCUT2D eigenvalue weighted by molar-refractivity contribution is -0.133. The molecule has 8 heteroatoms. The van der Waals surface area contributed by atoms with E-state index in [-0.39, 0.29) is 30.8 Å². The molecule has 1 saturated heterocycles. The lowest BCUT2D eigenvalue weighted by Crippen LogP contribution is -2.49. The Morgan fingerprint density at radius 1 is 1.21 bits per heavy atom. The van der Waals surface area contributed by atoms with Crippen LogP contribution in [0, 0.1) is 6.92 Å². The highest BCUT2D eigenvalue weighted by Crippen LogP contribution is 2.23. The fourth-order valence-electron chi connectivity index (χ4n) is 3.46. The molecule has 1 aliphatic heterocycles. The third-order valence-electron chi connectivity index (χ3n) is 4.94. The van der Waals surface area contributed by atoms with Crippen LogP contribution in [0.2, 0.25) is 0 Å². The van der Waals surface area contributed by atoms with Gasteiger partial charge in [-0.3, -0.25) is 9.78 Å².